The van der Waals surface area contributed by atoms with Gasteiger partial charge in [0.2, 0.25) is 5.91 Å². The van der Waals surface area contributed by atoms with E-state index in [0.29, 0.717) is 11.3 Å². The molecule has 2 aromatic carbocycles. The fraction of sp³-hybridized carbons (Fsp3) is 0.0588. The molecule has 0 aliphatic rings. The van der Waals surface area contributed by atoms with Crippen LogP contribution in [-0.2, 0) is 4.79 Å². The zero-order chi connectivity index (χ0) is 16.1. The Morgan fingerprint density at radius 1 is 1.00 bits per heavy atom. The molecule has 0 spiro atoms. The summed E-state index contributed by atoms with van der Waals surface area (Å²) in [6.07, 6.45) is 2.51. The highest BCUT2D eigenvalue weighted by atomic mass is 79.9. The normalized spacial score (nSPS) is 10.7. The monoisotopic (exact) mass is 421 g/mol. The van der Waals surface area contributed by atoms with Crippen LogP contribution in [-0.4, -0.2) is 11.7 Å². The molecule has 0 aromatic heterocycles. The molecule has 2 aromatic rings. The minimum atomic E-state index is -0.341. The lowest BCUT2D eigenvalue weighted by molar-refractivity contribution is -0.111. The molecule has 0 aliphatic heterocycles. The number of anilines is 1. The molecule has 0 unspecified atom stereocenters. The van der Waals surface area contributed by atoms with Crippen LogP contribution in [0.5, 0.6) is 0 Å². The first-order chi connectivity index (χ1) is 10.5. The third-order valence-electron chi connectivity index (χ3n) is 2.94. The first-order valence-electron chi connectivity index (χ1n) is 6.51. The molecule has 0 atom stereocenters. The van der Waals surface area contributed by atoms with Crippen LogP contribution >= 0.6 is 31.9 Å². The fourth-order valence-corrected chi connectivity index (χ4v) is 2.28. The molecule has 2 rings (SSSR count). The van der Waals surface area contributed by atoms with Gasteiger partial charge in [0.25, 0.3) is 0 Å². The van der Waals surface area contributed by atoms with E-state index in [1.807, 2.05) is 19.1 Å². The molecule has 0 bridgehead atoms. The molecule has 0 aliphatic carbocycles. The standard InChI is InChI=1S/C17H13Br2NO2/c1-11-10-14(6-7-15(11)19)20-17(22)9-8-16(21)12-2-4-13(18)5-3-12/h2-10H,1H3,(H,20,22)/b9-8+. The van der Waals surface area contributed by atoms with Crippen LogP contribution in [0.3, 0.4) is 0 Å². The molecule has 22 heavy (non-hydrogen) atoms. The van der Waals surface area contributed by atoms with Crippen LogP contribution in [0.15, 0.2) is 63.6 Å². The Balaban J connectivity index is 2.00. The predicted molar refractivity (Wildman–Crippen MR) is 95.1 cm³/mol. The van der Waals surface area contributed by atoms with Crippen LogP contribution in [0.25, 0.3) is 0 Å². The molecule has 112 valence electrons. The smallest absolute Gasteiger partial charge is 0.248 e. The van der Waals surface area contributed by atoms with E-state index in [4.69, 9.17) is 0 Å². The molecule has 0 fully saturated rings. The number of carbonyl (C=O) groups is 2. The summed E-state index contributed by atoms with van der Waals surface area (Å²) in [7, 11) is 0. The van der Waals surface area contributed by atoms with Crippen molar-refractivity contribution in [2.45, 2.75) is 6.92 Å². The zero-order valence-electron chi connectivity index (χ0n) is 11.8. The second kappa shape index (κ2) is 7.51. The largest absolute Gasteiger partial charge is 0.323 e. The Hall–Kier alpha value is -1.72. The van der Waals surface area contributed by atoms with E-state index < -0.39 is 0 Å². The number of hydrogen-bond acceptors (Lipinski definition) is 2. The molecule has 5 heteroatoms. The van der Waals surface area contributed by atoms with Crippen molar-refractivity contribution in [3.8, 4) is 0 Å². The Morgan fingerprint density at radius 2 is 1.68 bits per heavy atom. The summed E-state index contributed by atoms with van der Waals surface area (Å²) in [5.41, 5.74) is 2.24. The number of amides is 1. The molecular formula is C17H13Br2NO2. The molecule has 0 saturated heterocycles. The van der Waals surface area contributed by atoms with Gasteiger partial charge in [-0.1, -0.05) is 31.9 Å². The van der Waals surface area contributed by atoms with Crippen molar-refractivity contribution >= 4 is 49.2 Å². The summed E-state index contributed by atoms with van der Waals surface area (Å²) in [6.45, 7) is 1.94. The van der Waals surface area contributed by atoms with E-state index in [1.165, 1.54) is 12.2 Å². The van der Waals surface area contributed by atoms with Crippen LogP contribution in [0.1, 0.15) is 15.9 Å². The average molecular weight is 423 g/mol. The Morgan fingerprint density at radius 3 is 2.32 bits per heavy atom. The van der Waals surface area contributed by atoms with E-state index in [-0.39, 0.29) is 11.7 Å². The average Bonchev–Trinajstić information content (AvgIpc) is 2.49. The van der Waals surface area contributed by atoms with Gasteiger partial charge < -0.3 is 5.32 Å². The summed E-state index contributed by atoms with van der Waals surface area (Å²) in [6, 6.07) is 12.5. The number of carbonyl (C=O) groups excluding carboxylic acids is 2. The third-order valence-corrected chi connectivity index (χ3v) is 4.36. The highest BCUT2D eigenvalue weighted by Crippen LogP contribution is 2.20. The maximum absolute atomic E-state index is 11.9. The van der Waals surface area contributed by atoms with E-state index in [1.54, 1.807) is 30.3 Å². The number of rotatable bonds is 4. The van der Waals surface area contributed by atoms with Crippen molar-refractivity contribution in [1.29, 1.82) is 0 Å². The van der Waals surface area contributed by atoms with Crippen molar-refractivity contribution in [1.82, 2.24) is 0 Å². The van der Waals surface area contributed by atoms with Gasteiger partial charge in [-0.25, -0.2) is 0 Å². The van der Waals surface area contributed by atoms with Crippen LogP contribution < -0.4 is 5.32 Å². The van der Waals surface area contributed by atoms with E-state index >= 15 is 0 Å². The Labute approximate surface area is 145 Å². The van der Waals surface area contributed by atoms with Crippen molar-refractivity contribution in [2.24, 2.45) is 0 Å². The SMILES string of the molecule is Cc1cc(NC(=O)/C=C/C(=O)c2ccc(Br)cc2)ccc1Br. The summed E-state index contributed by atoms with van der Waals surface area (Å²) in [5.74, 6) is -0.554. The molecule has 1 N–H and O–H groups in total. The van der Waals surface area contributed by atoms with Crippen molar-refractivity contribution in [2.75, 3.05) is 5.32 Å². The second-order valence-corrected chi connectivity index (χ2v) is 6.43. The number of benzene rings is 2. The third kappa shape index (κ3) is 4.64. The Bertz CT molecular complexity index is 737. The molecular weight excluding hydrogens is 410 g/mol. The maximum atomic E-state index is 11.9. The lowest BCUT2D eigenvalue weighted by Crippen LogP contribution is -2.09. The van der Waals surface area contributed by atoms with E-state index in [9.17, 15) is 9.59 Å². The van der Waals surface area contributed by atoms with E-state index in [0.717, 1.165) is 14.5 Å². The predicted octanol–water partition coefficient (Wildman–Crippen LogP) is 4.90. The summed E-state index contributed by atoms with van der Waals surface area (Å²) in [5, 5.41) is 2.72. The molecule has 0 heterocycles. The van der Waals surface area contributed by atoms with Crippen LogP contribution in [0.4, 0.5) is 5.69 Å². The van der Waals surface area contributed by atoms with Gasteiger partial charge in [-0.2, -0.15) is 0 Å². The fourth-order valence-electron chi connectivity index (χ4n) is 1.77. The first-order valence-corrected chi connectivity index (χ1v) is 8.09. The van der Waals surface area contributed by atoms with E-state index in [2.05, 4.69) is 37.2 Å². The van der Waals surface area contributed by atoms with Gasteiger partial charge in [-0.3, -0.25) is 9.59 Å². The highest BCUT2D eigenvalue weighted by Gasteiger charge is 2.04. The summed E-state index contributed by atoms with van der Waals surface area (Å²) in [4.78, 5) is 23.8. The number of ketones is 1. The van der Waals surface area contributed by atoms with Gasteiger partial charge in [0.15, 0.2) is 5.78 Å². The minimum Gasteiger partial charge on any atom is -0.323 e. The first kappa shape index (κ1) is 16.6. The Kier molecular flexibility index (Phi) is 5.69. The van der Waals surface area contributed by atoms with Crippen molar-refractivity contribution < 1.29 is 9.59 Å². The lowest BCUT2D eigenvalue weighted by atomic mass is 10.1. The molecule has 0 radical (unpaired) electrons. The summed E-state index contributed by atoms with van der Waals surface area (Å²) >= 11 is 6.71. The van der Waals surface area contributed by atoms with Crippen molar-refractivity contribution in [3.63, 3.8) is 0 Å². The van der Waals surface area contributed by atoms with Crippen LogP contribution in [0.2, 0.25) is 0 Å². The zero-order valence-corrected chi connectivity index (χ0v) is 14.9. The lowest BCUT2D eigenvalue weighted by Gasteiger charge is -2.04. The number of allylic oxidation sites excluding steroid dienone is 1. The molecule has 0 saturated carbocycles. The molecule has 3 nitrogen and oxygen atoms in total. The quantitative estimate of drug-likeness (QED) is 0.562. The molecule has 1 amide bonds. The number of aryl methyl sites for hydroxylation is 1. The number of nitrogens with one attached hydrogen (secondary N) is 1. The minimum absolute atomic E-state index is 0.213. The van der Waals surface area contributed by atoms with Crippen LogP contribution in [0, 0.1) is 6.92 Å². The second-order valence-electron chi connectivity index (χ2n) is 4.66. The van der Waals surface area contributed by atoms with Crippen molar-refractivity contribution in [3.05, 3.63) is 74.7 Å². The summed E-state index contributed by atoms with van der Waals surface area (Å²) < 4.78 is 1.88. The highest BCUT2D eigenvalue weighted by molar-refractivity contribution is 9.10. The number of halogens is 2. The maximum Gasteiger partial charge on any atom is 0.248 e. The van der Waals surface area contributed by atoms with Gasteiger partial charge >= 0.3 is 0 Å². The van der Waals surface area contributed by atoms with Gasteiger partial charge in [-0.05, 0) is 61.0 Å². The van der Waals surface area contributed by atoms with Gasteiger partial charge in [0.05, 0.1) is 0 Å². The number of hydrogen-bond donors (Lipinski definition) is 1. The van der Waals surface area contributed by atoms with Gasteiger partial charge in [0, 0.05) is 26.3 Å². The van der Waals surface area contributed by atoms with Gasteiger partial charge in [0.1, 0.15) is 0 Å². The van der Waals surface area contributed by atoms with Gasteiger partial charge in [-0.15, -0.1) is 0 Å². The topological polar surface area (TPSA) is 46.2 Å².